The molecular weight excluding hydrogens is 845 g/mol. The van der Waals surface area contributed by atoms with E-state index >= 15 is 8.78 Å². The van der Waals surface area contributed by atoms with E-state index in [0.29, 0.717) is 61.5 Å². The van der Waals surface area contributed by atoms with Crippen LogP contribution in [-0.2, 0) is 31.1 Å². The number of piperidine rings is 2. The highest BCUT2D eigenvalue weighted by molar-refractivity contribution is 7.90. The Morgan fingerprint density at radius 3 is 2.30 bits per heavy atom. The molecule has 2 aromatic heterocycles. The molecule has 3 fully saturated rings. The van der Waals surface area contributed by atoms with Gasteiger partial charge in [0.1, 0.15) is 17.5 Å². The summed E-state index contributed by atoms with van der Waals surface area (Å²) in [6.45, 7) is 7.32. The summed E-state index contributed by atoms with van der Waals surface area (Å²) < 4.78 is 58.8. The molecule has 4 N–H and O–H groups in total. The Hall–Kier alpha value is -6.08. The first kappa shape index (κ1) is 44.5. The first-order chi connectivity index (χ1) is 30.8. The molecule has 3 saturated heterocycles. The van der Waals surface area contributed by atoms with Gasteiger partial charge in [-0.2, -0.15) is 12.7 Å². The number of fused-ring (bicyclic) bond motifs is 1. The maximum Gasteiger partial charge on any atom is 0.301 e. The molecule has 0 radical (unpaired) electrons. The third kappa shape index (κ3) is 9.84. The van der Waals surface area contributed by atoms with Crippen LogP contribution in [0.1, 0.15) is 65.6 Å². The van der Waals surface area contributed by atoms with Gasteiger partial charge in [0.05, 0.1) is 17.8 Å². The van der Waals surface area contributed by atoms with E-state index < -0.39 is 44.9 Å². The van der Waals surface area contributed by atoms with Gasteiger partial charge < -0.3 is 15.2 Å². The van der Waals surface area contributed by atoms with Crippen molar-refractivity contribution in [3.63, 3.8) is 0 Å². The van der Waals surface area contributed by atoms with Gasteiger partial charge >= 0.3 is 10.2 Å². The minimum atomic E-state index is -4.14. The number of aromatic amines is 1. The van der Waals surface area contributed by atoms with Crippen molar-refractivity contribution in [2.75, 3.05) is 69.4 Å². The molecule has 1 atom stereocenters. The SMILES string of the molecule is CCN(C)S(=O)(=O)Nc1ccc(F)c(C(=O)c2c[nH]c3ncc(-c4ccc(CN5CCN(C(=O)CN6CCC(c7ccc(NC8CCC(=O)NC8=O)cc7)CC6)CC5)cc4)cc23)c1F. The highest BCUT2D eigenvalue weighted by atomic mass is 32.2. The lowest BCUT2D eigenvalue weighted by Crippen LogP contribution is -2.51. The first-order valence-electron chi connectivity index (χ1n) is 21.5. The molecule has 0 spiro atoms. The number of aromatic nitrogens is 2. The maximum atomic E-state index is 15.6. The molecule has 3 aromatic carbocycles. The quantitative estimate of drug-likeness (QED) is 0.0867. The zero-order chi connectivity index (χ0) is 45.1. The number of nitrogens with zero attached hydrogens (tertiary/aromatic N) is 5. The molecule has 336 valence electrons. The van der Waals surface area contributed by atoms with Gasteiger partial charge in [0, 0.05) is 87.3 Å². The highest BCUT2D eigenvalue weighted by Gasteiger charge is 2.30. The summed E-state index contributed by atoms with van der Waals surface area (Å²) in [4.78, 5) is 64.4. The van der Waals surface area contributed by atoms with Gasteiger partial charge in [-0.3, -0.25) is 39.0 Å². The number of hydrogen-bond acceptors (Lipinski definition) is 10. The summed E-state index contributed by atoms with van der Waals surface area (Å²) in [6, 6.07) is 19.2. The molecular formula is C46H51F2N9O6S. The van der Waals surface area contributed by atoms with Gasteiger partial charge in [-0.25, -0.2) is 13.8 Å². The van der Waals surface area contributed by atoms with E-state index in [-0.39, 0.29) is 29.8 Å². The van der Waals surface area contributed by atoms with Crippen molar-refractivity contribution in [1.82, 2.24) is 34.3 Å². The van der Waals surface area contributed by atoms with Crippen LogP contribution in [0.15, 0.2) is 79.1 Å². The van der Waals surface area contributed by atoms with Crippen molar-refractivity contribution in [3.8, 4) is 11.1 Å². The average molecular weight is 896 g/mol. The van der Waals surface area contributed by atoms with E-state index in [1.54, 1.807) is 19.2 Å². The van der Waals surface area contributed by atoms with Crippen molar-refractivity contribution in [2.45, 2.75) is 51.1 Å². The molecule has 5 aromatic rings. The smallest absolute Gasteiger partial charge is 0.301 e. The lowest BCUT2D eigenvalue weighted by molar-refractivity contribution is -0.135. The molecule has 0 saturated carbocycles. The van der Waals surface area contributed by atoms with Gasteiger partial charge in [-0.05, 0) is 85.3 Å². The van der Waals surface area contributed by atoms with Crippen molar-refractivity contribution < 1.29 is 36.4 Å². The molecule has 1 unspecified atom stereocenters. The van der Waals surface area contributed by atoms with Crippen LogP contribution in [0.4, 0.5) is 20.2 Å². The molecule has 5 heterocycles. The zero-order valence-electron chi connectivity index (χ0n) is 35.7. The second kappa shape index (κ2) is 18.9. The molecule has 0 aliphatic carbocycles. The third-order valence-electron chi connectivity index (χ3n) is 12.5. The lowest BCUT2D eigenvalue weighted by atomic mass is 9.89. The number of piperazine rings is 1. The van der Waals surface area contributed by atoms with Crippen LogP contribution in [0.5, 0.6) is 0 Å². The molecule has 15 nitrogen and oxygen atoms in total. The average Bonchev–Trinajstić information content (AvgIpc) is 3.72. The number of anilines is 2. The molecule has 3 amide bonds. The second-order valence-corrected chi connectivity index (χ2v) is 18.4. The lowest BCUT2D eigenvalue weighted by Gasteiger charge is -2.37. The van der Waals surface area contributed by atoms with Crippen LogP contribution in [0.3, 0.4) is 0 Å². The Balaban J connectivity index is 0.812. The van der Waals surface area contributed by atoms with Crippen molar-refractivity contribution >= 4 is 56.1 Å². The van der Waals surface area contributed by atoms with Crippen LogP contribution in [0.25, 0.3) is 22.2 Å². The summed E-state index contributed by atoms with van der Waals surface area (Å²) in [5.74, 6) is -3.39. The van der Waals surface area contributed by atoms with Crippen LogP contribution in [0.2, 0.25) is 0 Å². The van der Waals surface area contributed by atoms with Crippen molar-refractivity contribution in [3.05, 3.63) is 113 Å². The molecule has 0 bridgehead atoms. The van der Waals surface area contributed by atoms with E-state index in [2.05, 4.69) is 47.3 Å². The summed E-state index contributed by atoms with van der Waals surface area (Å²) in [5, 5.41) is 5.96. The number of carbonyl (C=O) groups is 4. The largest absolute Gasteiger partial charge is 0.374 e. The fourth-order valence-corrected chi connectivity index (χ4v) is 9.46. The molecule has 8 rings (SSSR count). The van der Waals surface area contributed by atoms with E-state index in [1.807, 2.05) is 41.3 Å². The number of carbonyl (C=O) groups excluding carboxylic acids is 4. The fraction of sp³-hybridized carbons (Fsp3) is 0.370. The zero-order valence-corrected chi connectivity index (χ0v) is 36.5. The number of hydrogen-bond donors (Lipinski definition) is 4. The van der Waals surface area contributed by atoms with E-state index in [0.717, 1.165) is 72.3 Å². The topological polar surface area (TPSA) is 180 Å². The van der Waals surface area contributed by atoms with Crippen molar-refractivity contribution in [2.24, 2.45) is 0 Å². The molecule has 64 heavy (non-hydrogen) atoms. The number of pyridine rings is 1. The van der Waals surface area contributed by atoms with Crippen LogP contribution < -0.4 is 15.4 Å². The predicted octanol–water partition coefficient (Wildman–Crippen LogP) is 5.09. The summed E-state index contributed by atoms with van der Waals surface area (Å²) in [7, 11) is -2.83. The fourth-order valence-electron chi connectivity index (χ4n) is 8.53. The van der Waals surface area contributed by atoms with Gasteiger partial charge in [0.25, 0.3) is 0 Å². The number of imide groups is 1. The number of benzene rings is 3. The Kier molecular flexibility index (Phi) is 13.2. The molecule has 3 aliphatic rings. The maximum absolute atomic E-state index is 15.6. The highest BCUT2D eigenvalue weighted by Crippen LogP contribution is 2.32. The number of nitrogens with one attached hydrogen (secondary N) is 4. The van der Waals surface area contributed by atoms with E-state index in [4.69, 9.17) is 0 Å². The van der Waals surface area contributed by atoms with Crippen LogP contribution >= 0.6 is 0 Å². The van der Waals surface area contributed by atoms with E-state index in [1.165, 1.54) is 18.8 Å². The molecule has 18 heteroatoms. The summed E-state index contributed by atoms with van der Waals surface area (Å²) >= 11 is 0. The Morgan fingerprint density at radius 2 is 1.61 bits per heavy atom. The molecule has 3 aliphatic heterocycles. The Morgan fingerprint density at radius 1 is 0.891 bits per heavy atom. The number of ketones is 1. The first-order valence-corrected chi connectivity index (χ1v) is 23.0. The third-order valence-corrected chi connectivity index (χ3v) is 14.1. The minimum absolute atomic E-state index is 0.0195. The van der Waals surface area contributed by atoms with Gasteiger partial charge in [0.15, 0.2) is 5.82 Å². The van der Waals surface area contributed by atoms with Crippen molar-refractivity contribution in [1.29, 1.82) is 0 Å². The summed E-state index contributed by atoms with van der Waals surface area (Å²) in [5.41, 5.74) is 3.57. The number of halogens is 2. The second-order valence-electron chi connectivity index (χ2n) is 16.6. The number of rotatable bonds is 14. The summed E-state index contributed by atoms with van der Waals surface area (Å²) in [6.07, 6.45) is 5.71. The standard InChI is InChI=1S/C46H51F2N9O6S/c1-3-54(2)64(62,63)53-38-13-12-37(47)42(43(38)48)44(60)36-26-50-45-35(36)24-33(25-49-45)31-6-4-29(5-7-31)27-56-20-22-57(23-21-56)41(59)28-55-18-16-32(17-19-55)30-8-10-34(11-9-30)51-39-14-15-40(58)52-46(39)61/h4-13,24-26,32,39,51,53H,3,14-23,27-28H2,1-2H3,(H,49,50)(H,52,58,61). The number of H-pyrrole nitrogens is 1. The Labute approximate surface area is 370 Å². The van der Waals surface area contributed by atoms with E-state index in [9.17, 15) is 27.6 Å². The van der Waals surface area contributed by atoms with Gasteiger partial charge in [0.2, 0.25) is 23.5 Å². The minimum Gasteiger partial charge on any atom is -0.374 e. The van der Waals surface area contributed by atoms with Gasteiger partial charge in [-0.15, -0.1) is 0 Å². The normalized spacial score (nSPS) is 18.1. The Bertz CT molecular complexity index is 2660. The number of likely N-dealkylation sites (tertiary alicyclic amines) is 1. The van der Waals surface area contributed by atoms with Crippen LogP contribution in [-0.4, -0.2) is 126 Å². The number of amides is 3. The predicted molar refractivity (Wildman–Crippen MR) is 239 cm³/mol. The van der Waals surface area contributed by atoms with Crippen LogP contribution in [0, 0.1) is 11.6 Å². The van der Waals surface area contributed by atoms with Gasteiger partial charge in [-0.1, -0.05) is 43.3 Å². The monoisotopic (exact) mass is 895 g/mol.